The minimum Gasteiger partial charge on any atom is -0.378 e. The molecular formula is C12H14F5N3S. The molecular weight excluding hydrogens is 313 g/mol. The molecule has 1 heterocycles. The molecule has 9 heteroatoms. The lowest BCUT2D eigenvalue weighted by molar-refractivity contribution is 0.364. The lowest BCUT2D eigenvalue weighted by Crippen LogP contribution is -2.07. The van der Waals surface area contributed by atoms with Crippen molar-refractivity contribution in [1.29, 1.82) is 0 Å². The van der Waals surface area contributed by atoms with Gasteiger partial charge in [0, 0.05) is 11.4 Å². The fraction of sp³-hybridized carbons (Fsp3) is 0.250. The van der Waals surface area contributed by atoms with Gasteiger partial charge < -0.3 is 10.3 Å². The van der Waals surface area contributed by atoms with Crippen molar-refractivity contribution in [2.75, 3.05) is 5.32 Å². The number of nitrogens with one attached hydrogen (secondary N) is 2. The number of nitrogens with zero attached hydrogens (tertiary/aromatic N) is 1. The molecule has 0 saturated carbocycles. The number of benzene rings is 1. The van der Waals surface area contributed by atoms with Gasteiger partial charge in [0.15, 0.2) is 0 Å². The summed E-state index contributed by atoms with van der Waals surface area (Å²) in [6.07, 6.45) is 0. The number of aromatic nitrogens is 2. The molecule has 0 fully saturated rings. The van der Waals surface area contributed by atoms with Gasteiger partial charge in [-0.25, -0.2) is 4.98 Å². The second kappa shape index (κ2) is 4.12. The molecule has 0 unspecified atom stereocenters. The van der Waals surface area contributed by atoms with Crippen LogP contribution in [0.2, 0.25) is 0 Å². The largest absolute Gasteiger partial charge is 0.378 e. The summed E-state index contributed by atoms with van der Waals surface area (Å²) in [6, 6.07) is 3.00. The first kappa shape index (κ1) is 15.6. The molecule has 2 aromatic rings. The lowest BCUT2D eigenvalue weighted by Gasteiger charge is -2.40. The van der Waals surface area contributed by atoms with E-state index in [1.807, 2.05) is 0 Å². The van der Waals surface area contributed by atoms with Crippen molar-refractivity contribution in [2.45, 2.75) is 25.3 Å². The Kier molecular flexibility index (Phi) is 3.07. The summed E-state index contributed by atoms with van der Waals surface area (Å²) in [4.78, 5) is 5.17. The van der Waals surface area contributed by atoms with E-state index in [4.69, 9.17) is 0 Å². The van der Waals surface area contributed by atoms with Gasteiger partial charge in [-0.3, -0.25) is 0 Å². The highest BCUT2D eigenvalue weighted by molar-refractivity contribution is 8.45. The zero-order valence-corrected chi connectivity index (χ0v) is 12.1. The van der Waals surface area contributed by atoms with E-state index in [1.165, 1.54) is 6.07 Å². The highest BCUT2D eigenvalue weighted by Crippen LogP contribution is 3.02. The van der Waals surface area contributed by atoms with Gasteiger partial charge in [-0.2, -0.15) is 0 Å². The standard InChI is InChI=1S/C12H14F5N3S/c1-8-9(2)20-12(19-8)7-18-10-4-3-5-11(6-10)21(13,14,15,16)17/h3-6,18H,7H2,1-2H3,(H,19,20). The Morgan fingerprint density at radius 2 is 1.81 bits per heavy atom. The van der Waals surface area contributed by atoms with E-state index >= 15 is 0 Å². The number of anilines is 1. The number of aromatic amines is 1. The number of hydrogen-bond acceptors (Lipinski definition) is 2. The predicted molar refractivity (Wildman–Crippen MR) is 73.2 cm³/mol. The van der Waals surface area contributed by atoms with Crippen LogP contribution >= 0.6 is 10.2 Å². The van der Waals surface area contributed by atoms with Crippen LogP contribution in [0, 0.1) is 13.8 Å². The van der Waals surface area contributed by atoms with E-state index in [0.29, 0.717) is 18.0 Å². The van der Waals surface area contributed by atoms with Crippen molar-refractivity contribution >= 4 is 15.9 Å². The molecule has 21 heavy (non-hydrogen) atoms. The maximum Gasteiger partial charge on any atom is 0.310 e. The van der Waals surface area contributed by atoms with E-state index < -0.39 is 15.1 Å². The third kappa shape index (κ3) is 3.87. The molecule has 2 N–H and O–H groups in total. The van der Waals surface area contributed by atoms with E-state index in [9.17, 15) is 19.4 Å². The van der Waals surface area contributed by atoms with E-state index in [1.54, 1.807) is 13.8 Å². The van der Waals surface area contributed by atoms with E-state index in [0.717, 1.165) is 17.5 Å². The van der Waals surface area contributed by atoms with Crippen molar-refractivity contribution in [2.24, 2.45) is 0 Å². The summed E-state index contributed by atoms with van der Waals surface area (Å²) in [5.74, 6) is 0.516. The van der Waals surface area contributed by atoms with Crippen LogP contribution in [-0.4, -0.2) is 9.97 Å². The van der Waals surface area contributed by atoms with Gasteiger partial charge >= 0.3 is 10.2 Å². The molecule has 0 saturated heterocycles. The Hall–Kier alpha value is -1.77. The zero-order valence-electron chi connectivity index (χ0n) is 11.3. The first-order chi connectivity index (χ1) is 9.35. The van der Waals surface area contributed by atoms with Crippen molar-refractivity contribution in [3.8, 4) is 0 Å². The van der Waals surface area contributed by atoms with Crippen LogP contribution in [0.1, 0.15) is 17.2 Å². The van der Waals surface area contributed by atoms with Crippen LogP contribution in [0.15, 0.2) is 29.2 Å². The molecule has 1 aromatic carbocycles. The van der Waals surface area contributed by atoms with Crippen molar-refractivity contribution in [3.63, 3.8) is 0 Å². The maximum absolute atomic E-state index is 12.7. The van der Waals surface area contributed by atoms with Crippen molar-refractivity contribution in [1.82, 2.24) is 9.97 Å². The third-order valence-corrected chi connectivity index (χ3v) is 4.06. The summed E-state index contributed by atoms with van der Waals surface area (Å²) in [5, 5.41) is 2.64. The Labute approximate surface area is 118 Å². The first-order valence-electron chi connectivity index (χ1n) is 5.95. The summed E-state index contributed by atoms with van der Waals surface area (Å²) in [5.41, 5.74) is 1.56. The molecule has 0 radical (unpaired) electrons. The van der Waals surface area contributed by atoms with Crippen molar-refractivity contribution < 1.29 is 19.4 Å². The predicted octanol–water partition coefficient (Wildman–Crippen LogP) is 5.30. The first-order valence-corrected chi connectivity index (χ1v) is 7.90. The van der Waals surface area contributed by atoms with Gasteiger partial charge in [0.2, 0.25) is 0 Å². The smallest absolute Gasteiger partial charge is 0.310 e. The summed E-state index contributed by atoms with van der Waals surface area (Å²) in [7, 11) is -9.65. The number of rotatable bonds is 4. The molecule has 0 aliphatic rings. The minimum atomic E-state index is -9.65. The number of imidazole rings is 1. The fourth-order valence-electron chi connectivity index (χ4n) is 1.74. The zero-order chi connectivity index (χ0) is 16.0. The highest BCUT2D eigenvalue weighted by atomic mass is 32.5. The molecule has 0 spiro atoms. The Morgan fingerprint density at radius 1 is 1.14 bits per heavy atom. The molecule has 0 amide bonds. The van der Waals surface area contributed by atoms with Gasteiger partial charge in [-0.15, -0.1) is 0 Å². The average Bonchev–Trinajstić information content (AvgIpc) is 2.64. The maximum atomic E-state index is 12.7. The van der Waals surface area contributed by atoms with Gasteiger partial charge in [0.25, 0.3) is 0 Å². The normalized spacial score (nSPS) is 15.4. The third-order valence-electron chi connectivity index (χ3n) is 2.92. The van der Waals surface area contributed by atoms with Gasteiger partial charge in [-0.1, -0.05) is 25.5 Å². The topological polar surface area (TPSA) is 40.7 Å². The highest BCUT2D eigenvalue weighted by Gasteiger charge is 2.65. The van der Waals surface area contributed by atoms with Crippen LogP contribution in [0.4, 0.5) is 25.1 Å². The van der Waals surface area contributed by atoms with E-state index in [2.05, 4.69) is 15.3 Å². The van der Waals surface area contributed by atoms with Gasteiger partial charge in [0.05, 0.1) is 12.2 Å². The Balaban J connectivity index is 2.20. The lowest BCUT2D eigenvalue weighted by atomic mass is 10.3. The Bertz CT molecular complexity index is 658. The second-order valence-corrected chi connectivity index (χ2v) is 7.15. The summed E-state index contributed by atoms with van der Waals surface area (Å²) < 4.78 is 63.5. The number of H-pyrrole nitrogens is 1. The van der Waals surface area contributed by atoms with E-state index in [-0.39, 0.29) is 12.2 Å². The number of aryl methyl sites for hydroxylation is 2. The molecule has 0 aliphatic heterocycles. The SMILES string of the molecule is Cc1nc(CNc2cccc(S(F)(F)(F)(F)F)c2)[nH]c1C. The molecule has 3 nitrogen and oxygen atoms in total. The van der Waals surface area contributed by atoms with Crippen molar-refractivity contribution in [3.05, 3.63) is 41.5 Å². The molecule has 0 bridgehead atoms. The van der Waals surface area contributed by atoms with Crippen LogP contribution in [0.25, 0.3) is 0 Å². The van der Waals surface area contributed by atoms with Gasteiger partial charge in [-0.05, 0) is 32.0 Å². The fourth-order valence-corrected chi connectivity index (χ4v) is 2.42. The van der Waals surface area contributed by atoms with Crippen LogP contribution in [0.5, 0.6) is 0 Å². The minimum absolute atomic E-state index is 0.0487. The van der Waals surface area contributed by atoms with Crippen LogP contribution in [-0.2, 0) is 6.54 Å². The molecule has 0 aliphatic carbocycles. The molecule has 1 aromatic heterocycles. The summed E-state index contributed by atoms with van der Waals surface area (Å²) >= 11 is 0. The molecule has 2 rings (SSSR count). The number of halogens is 5. The number of hydrogen-bond donors (Lipinski definition) is 2. The summed E-state index contributed by atoms with van der Waals surface area (Å²) in [6.45, 7) is 3.70. The Morgan fingerprint density at radius 3 is 2.33 bits per heavy atom. The van der Waals surface area contributed by atoms with Crippen LogP contribution < -0.4 is 5.32 Å². The molecule has 118 valence electrons. The molecule has 0 atom stereocenters. The average molecular weight is 327 g/mol. The second-order valence-electron chi connectivity index (χ2n) is 4.74. The quantitative estimate of drug-likeness (QED) is 0.749. The van der Waals surface area contributed by atoms with Crippen LogP contribution in [0.3, 0.4) is 0 Å². The monoisotopic (exact) mass is 327 g/mol. The van der Waals surface area contributed by atoms with Gasteiger partial charge in [0.1, 0.15) is 10.7 Å².